The van der Waals surface area contributed by atoms with E-state index in [-0.39, 0.29) is 6.04 Å². The highest BCUT2D eigenvalue weighted by atomic mass is 32.2. The molecule has 1 atom stereocenters. The van der Waals surface area contributed by atoms with E-state index in [0.717, 1.165) is 16.8 Å². The van der Waals surface area contributed by atoms with Crippen LogP contribution in [0.25, 0.3) is 0 Å². The second-order valence-corrected chi connectivity index (χ2v) is 6.58. The molecular weight excluding hydrogens is 250 g/mol. The summed E-state index contributed by atoms with van der Waals surface area (Å²) in [5.41, 5.74) is 8.45. The maximum atomic E-state index is 12.3. The standard InChI is InChI=1S/C12H19N3O2S/c1-9-5-4-6-12(10(9)2)15-8-11(7-13)14(3)18(15,16)17/h4-6,11H,7-8,13H2,1-3H3. The van der Waals surface area contributed by atoms with Gasteiger partial charge in [-0.2, -0.15) is 12.7 Å². The summed E-state index contributed by atoms with van der Waals surface area (Å²) in [4.78, 5) is 0. The lowest BCUT2D eigenvalue weighted by atomic mass is 10.1. The first kappa shape index (κ1) is 13.3. The summed E-state index contributed by atoms with van der Waals surface area (Å²) in [6.45, 7) is 4.67. The summed E-state index contributed by atoms with van der Waals surface area (Å²) in [6, 6.07) is 5.54. The normalized spacial score (nSPS) is 23.6. The predicted molar refractivity (Wildman–Crippen MR) is 72.8 cm³/mol. The number of rotatable bonds is 2. The third-order valence-electron chi connectivity index (χ3n) is 3.65. The first-order valence-corrected chi connectivity index (χ1v) is 7.31. The minimum atomic E-state index is -3.43. The molecule has 1 aliphatic rings. The Hall–Kier alpha value is -1.11. The minimum absolute atomic E-state index is 0.157. The highest BCUT2D eigenvalue weighted by molar-refractivity contribution is 7.90. The van der Waals surface area contributed by atoms with E-state index in [1.54, 1.807) is 7.05 Å². The molecule has 1 aromatic carbocycles. The summed E-state index contributed by atoms with van der Waals surface area (Å²) < 4.78 is 27.5. The Morgan fingerprint density at radius 3 is 2.61 bits per heavy atom. The molecule has 0 spiro atoms. The number of anilines is 1. The number of benzene rings is 1. The van der Waals surface area contributed by atoms with Crippen molar-refractivity contribution in [1.82, 2.24) is 4.31 Å². The molecule has 5 nitrogen and oxygen atoms in total. The van der Waals surface area contributed by atoms with Crippen molar-refractivity contribution in [2.75, 3.05) is 24.4 Å². The van der Waals surface area contributed by atoms with Crippen LogP contribution in [0.1, 0.15) is 11.1 Å². The summed E-state index contributed by atoms with van der Waals surface area (Å²) in [6.07, 6.45) is 0. The molecule has 0 saturated carbocycles. The molecule has 0 aliphatic carbocycles. The van der Waals surface area contributed by atoms with Crippen molar-refractivity contribution >= 4 is 15.9 Å². The van der Waals surface area contributed by atoms with Crippen molar-refractivity contribution in [3.8, 4) is 0 Å². The van der Waals surface area contributed by atoms with Crippen LogP contribution in [0.4, 0.5) is 5.69 Å². The van der Waals surface area contributed by atoms with Crippen molar-refractivity contribution in [1.29, 1.82) is 0 Å². The SMILES string of the molecule is Cc1cccc(N2CC(CN)N(C)S2(=O)=O)c1C. The Kier molecular flexibility index (Phi) is 3.35. The van der Waals surface area contributed by atoms with Crippen LogP contribution >= 0.6 is 0 Å². The van der Waals surface area contributed by atoms with Gasteiger partial charge in [-0.1, -0.05) is 12.1 Å². The molecule has 0 amide bonds. The maximum absolute atomic E-state index is 12.3. The number of nitrogens with zero attached hydrogens (tertiary/aromatic N) is 2. The molecule has 1 aromatic rings. The van der Waals surface area contributed by atoms with Crippen molar-refractivity contribution < 1.29 is 8.42 Å². The first-order chi connectivity index (χ1) is 8.39. The first-order valence-electron chi connectivity index (χ1n) is 5.91. The molecule has 2 rings (SSSR count). The van der Waals surface area contributed by atoms with Crippen LogP contribution in [0, 0.1) is 13.8 Å². The van der Waals surface area contributed by atoms with Gasteiger partial charge < -0.3 is 5.73 Å². The van der Waals surface area contributed by atoms with Gasteiger partial charge in [-0.15, -0.1) is 0 Å². The summed E-state index contributed by atoms with van der Waals surface area (Å²) in [7, 11) is -1.85. The predicted octanol–water partition coefficient (Wildman–Crippen LogP) is 0.627. The Balaban J connectivity index is 2.49. The largest absolute Gasteiger partial charge is 0.329 e. The minimum Gasteiger partial charge on any atom is -0.329 e. The van der Waals surface area contributed by atoms with Gasteiger partial charge in [0, 0.05) is 13.6 Å². The average Bonchev–Trinajstić information content (AvgIpc) is 2.55. The van der Waals surface area contributed by atoms with Gasteiger partial charge in [0.05, 0.1) is 18.3 Å². The monoisotopic (exact) mass is 269 g/mol. The summed E-state index contributed by atoms with van der Waals surface area (Å²) >= 11 is 0. The number of likely N-dealkylation sites (N-methyl/N-ethyl adjacent to an activating group) is 1. The fourth-order valence-electron chi connectivity index (χ4n) is 2.20. The lowest BCUT2D eigenvalue weighted by molar-refractivity contribution is 0.417. The molecule has 1 fully saturated rings. The van der Waals surface area contributed by atoms with Crippen LogP contribution in [0.3, 0.4) is 0 Å². The smallest absolute Gasteiger partial charge is 0.304 e. The third-order valence-corrected chi connectivity index (χ3v) is 5.58. The van der Waals surface area contributed by atoms with Gasteiger partial charge in [-0.05, 0) is 31.0 Å². The van der Waals surface area contributed by atoms with Gasteiger partial charge in [-0.25, -0.2) is 0 Å². The number of nitrogens with two attached hydrogens (primary N) is 1. The van der Waals surface area contributed by atoms with E-state index < -0.39 is 10.2 Å². The number of hydrogen-bond donors (Lipinski definition) is 1. The van der Waals surface area contributed by atoms with Crippen LogP contribution in [0.5, 0.6) is 0 Å². The van der Waals surface area contributed by atoms with Crippen LogP contribution in [-0.2, 0) is 10.2 Å². The summed E-state index contributed by atoms with van der Waals surface area (Å²) in [5, 5.41) is 0. The van der Waals surface area contributed by atoms with Gasteiger partial charge in [0.15, 0.2) is 0 Å². The van der Waals surface area contributed by atoms with Crippen LogP contribution in [0.15, 0.2) is 18.2 Å². The highest BCUT2D eigenvalue weighted by Gasteiger charge is 2.41. The highest BCUT2D eigenvalue weighted by Crippen LogP contribution is 2.31. The second kappa shape index (κ2) is 4.53. The Labute approximate surface area is 108 Å². The fraction of sp³-hybridized carbons (Fsp3) is 0.500. The van der Waals surface area contributed by atoms with Gasteiger partial charge in [-0.3, -0.25) is 4.31 Å². The van der Waals surface area contributed by atoms with Gasteiger partial charge in [0.25, 0.3) is 0 Å². The van der Waals surface area contributed by atoms with E-state index in [4.69, 9.17) is 5.73 Å². The van der Waals surface area contributed by atoms with Crippen molar-refractivity contribution in [2.24, 2.45) is 5.73 Å². The zero-order valence-corrected chi connectivity index (χ0v) is 11.7. The van der Waals surface area contributed by atoms with Gasteiger partial charge in [0.2, 0.25) is 0 Å². The van der Waals surface area contributed by atoms with Crippen molar-refractivity contribution in [3.05, 3.63) is 29.3 Å². The van der Waals surface area contributed by atoms with Gasteiger partial charge >= 0.3 is 10.2 Å². The molecule has 0 radical (unpaired) electrons. The Morgan fingerprint density at radius 1 is 1.39 bits per heavy atom. The van der Waals surface area contributed by atoms with Gasteiger partial charge in [0.1, 0.15) is 0 Å². The number of aryl methyl sites for hydroxylation is 1. The third kappa shape index (κ3) is 1.90. The van der Waals surface area contributed by atoms with Crippen LogP contribution in [-0.4, -0.2) is 38.9 Å². The summed E-state index contributed by atoms with van der Waals surface area (Å²) in [5.74, 6) is 0. The Morgan fingerprint density at radius 2 is 2.06 bits per heavy atom. The van der Waals surface area contributed by atoms with Crippen LogP contribution < -0.4 is 10.0 Å². The van der Waals surface area contributed by atoms with E-state index in [1.807, 2.05) is 32.0 Å². The molecule has 100 valence electrons. The second-order valence-electron chi connectivity index (χ2n) is 4.66. The molecule has 1 unspecified atom stereocenters. The molecule has 1 heterocycles. The molecule has 1 aliphatic heterocycles. The molecule has 1 saturated heterocycles. The van der Waals surface area contributed by atoms with E-state index >= 15 is 0 Å². The molecule has 2 N–H and O–H groups in total. The van der Waals surface area contributed by atoms with E-state index in [0.29, 0.717) is 13.1 Å². The topological polar surface area (TPSA) is 66.6 Å². The molecule has 18 heavy (non-hydrogen) atoms. The zero-order chi connectivity index (χ0) is 13.5. The fourth-order valence-corrected chi connectivity index (χ4v) is 3.84. The van der Waals surface area contributed by atoms with E-state index in [1.165, 1.54) is 8.61 Å². The zero-order valence-electron chi connectivity index (χ0n) is 10.9. The molecule has 0 bridgehead atoms. The van der Waals surface area contributed by atoms with Crippen molar-refractivity contribution in [2.45, 2.75) is 19.9 Å². The lowest BCUT2D eigenvalue weighted by Crippen LogP contribution is -2.36. The molecule has 0 aromatic heterocycles. The maximum Gasteiger partial charge on any atom is 0.304 e. The average molecular weight is 269 g/mol. The molecule has 6 heteroatoms. The van der Waals surface area contributed by atoms with Crippen LogP contribution in [0.2, 0.25) is 0 Å². The quantitative estimate of drug-likeness (QED) is 0.856. The van der Waals surface area contributed by atoms with E-state index in [2.05, 4.69) is 0 Å². The Bertz CT molecular complexity index is 556. The van der Waals surface area contributed by atoms with Crippen molar-refractivity contribution in [3.63, 3.8) is 0 Å². The lowest BCUT2D eigenvalue weighted by Gasteiger charge is -2.20. The van der Waals surface area contributed by atoms with E-state index in [9.17, 15) is 8.42 Å². The number of hydrogen-bond acceptors (Lipinski definition) is 3. The molecular formula is C12H19N3O2S.